The summed E-state index contributed by atoms with van der Waals surface area (Å²) < 4.78 is 126. The van der Waals surface area contributed by atoms with Crippen molar-refractivity contribution in [1.82, 2.24) is 0 Å². The van der Waals surface area contributed by atoms with E-state index in [0.29, 0.717) is 89.0 Å². The molecule has 144 heavy (non-hydrogen) atoms. The van der Waals surface area contributed by atoms with Crippen molar-refractivity contribution in [2.75, 3.05) is 19.6 Å². The van der Waals surface area contributed by atoms with Crippen LogP contribution in [0.1, 0.15) is 22.3 Å². The highest BCUT2D eigenvalue weighted by atomic mass is 19.2. The van der Waals surface area contributed by atoms with Crippen LogP contribution in [0.4, 0.5) is 103 Å². The fourth-order valence-electron chi connectivity index (χ4n) is 21.1. The summed E-state index contributed by atoms with van der Waals surface area (Å²) in [6.45, 7) is 8.31. The highest BCUT2D eigenvalue weighted by Crippen LogP contribution is 2.55. The predicted molar refractivity (Wildman–Crippen MR) is 581 cm³/mol. The molecular weight excluding hydrogens is 1790 g/mol. The molecule has 0 aliphatic carbocycles. The van der Waals surface area contributed by atoms with Crippen molar-refractivity contribution in [2.45, 2.75) is 27.7 Å². The molecule has 0 saturated heterocycles. The van der Waals surface area contributed by atoms with Crippen LogP contribution in [0.25, 0.3) is 154 Å². The van der Waals surface area contributed by atoms with E-state index in [-0.39, 0.29) is 46.5 Å². The molecule has 12 heteroatoms. The number of aryl methyl sites for hydroxylation is 4. The van der Waals surface area contributed by atoms with Crippen LogP contribution in [0.3, 0.4) is 0 Å². The Kier molecular flexibility index (Phi) is 23.5. The summed E-state index contributed by atoms with van der Waals surface area (Å²) in [6, 6.07) is 144. The van der Waals surface area contributed by atoms with Crippen LogP contribution >= 0.6 is 0 Å². The van der Waals surface area contributed by atoms with E-state index in [4.69, 9.17) is 0 Å². The average molecular weight is 1880 g/mol. The second kappa shape index (κ2) is 37.6. The van der Waals surface area contributed by atoms with Crippen molar-refractivity contribution in [3.63, 3.8) is 0 Å². The molecule has 0 aliphatic rings. The molecule has 0 fully saturated rings. The molecule has 0 radical (unpaired) electrons. The van der Waals surface area contributed by atoms with Crippen molar-refractivity contribution in [1.29, 1.82) is 0 Å². The Morgan fingerprint density at radius 2 is 0.299 bits per heavy atom. The lowest BCUT2D eigenvalue weighted by Gasteiger charge is -2.31. The van der Waals surface area contributed by atoms with Crippen LogP contribution in [0.15, 0.2) is 461 Å². The molecular formula is C132H88F8N4. The van der Waals surface area contributed by atoms with Crippen LogP contribution in [0, 0.1) is 74.2 Å². The number of hydrogen-bond donors (Lipinski definition) is 0. The second-order valence-electron chi connectivity index (χ2n) is 36.8. The summed E-state index contributed by atoms with van der Waals surface area (Å²) >= 11 is 0. The Labute approximate surface area is 828 Å². The van der Waals surface area contributed by atoms with Crippen molar-refractivity contribution in [3.8, 4) is 89.0 Å². The number of halogens is 8. The maximum atomic E-state index is 15.9. The number of para-hydroxylation sites is 2. The quantitative estimate of drug-likeness (QED) is 0.0557. The number of anilines is 12. The van der Waals surface area contributed by atoms with Gasteiger partial charge in [0.05, 0.1) is 22.7 Å². The Hall–Kier alpha value is -18.0. The van der Waals surface area contributed by atoms with Crippen LogP contribution in [0.2, 0.25) is 0 Å². The van der Waals surface area contributed by atoms with Gasteiger partial charge in [-0.15, -0.1) is 0 Å². The topological polar surface area (TPSA) is 13.0 Å². The molecule has 0 spiro atoms. The fourth-order valence-corrected chi connectivity index (χ4v) is 21.1. The number of nitrogens with zero attached hydrogens (tertiary/aromatic N) is 4. The van der Waals surface area contributed by atoms with Crippen molar-refractivity contribution < 1.29 is 35.1 Å². The largest absolute Gasteiger partial charge is 0.310 e. The first-order valence-corrected chi connectivity index (χ1v) is 47.8. The molecule has 0 aliphatic heterocycles. The Balaban J connectivity index is 0.000000160. The van der Waals surface area contributed by atoms with E-state index in [2.05, 4.69) is 181 Å². The van der Waals surface area contributed by atoms with Crippen LogP contribution in [-0.2, 0) is 0 Å². The first-order chi connectivity index (χ1) is 70.3. The molecule has 24 aromatic rings. The summed E-state index contributed by atoms with van der Waals surface area (Å²) in [5.74, 6) is -3.02. The van der Waals surface area contributed by atoms with E-state index in [1.165, 1.54) is 48.5 Å². The van der Waals surface area contributed by atoms with Crippen molar-refractivity contribution >= 4 is 133 Å². The Morgan fingerprint density at radius 1 is 0.139 bits per heavy atom. The van der Waals surface area contributed by atoms with Gasteiger partial charge in [0.1, 0.15) is 46.5 Å². The van der Waals surface area contributed by atoms with Crippen LogP contribution in [-0.4, -0.2) is 0 Å². The van der Waals surface area contributed by atoms with Gasteiger partial charge in [0, 0.05) is 112 Å². The molecule has 0 aromatic heterocycles. The van der Waals surface area contributed by atoms with Gasteiger partial charge in [0.25, 0.3) is 0 Å². The Bertz CT molecular complexity index is 8300. The van der Waals surface area contributed by atoms with Crippen LogP contribution < -0.4 is 19.6 Å². The fraction of sp³-hybridized carbons (Fsp3) is 0.0303. The molecule has 0 amide bonds. The minimum atomic E-state index is -0.379. The normalized spacial score (nSPS) is 11.5. The SMILES string of the molecule is Cc1cc(C)cc(N(c2cc(-c3ccccc3F)cc(-c3ccccc3F)c2)c2ccc3ccc4c(N(c5cc(C)cc(C)c5)c5cc(-c6ccccc6F)cc(-c6ccccc6F)c5)ccc5ccc2c3c54)c1.Fc1ccccc1-c1cc(-c2ccccc2F)cc(N(c2ccccc2)c2ccc3ccc4c(N(c5ccccc5)c5cc(-c6ccccc6F)cc(-c6ccccc6F)c5)ccc5ccc2c3c54)c1. The lowest BCUT2D eigenvalue weighted by atomic mass is 9.91. The van der Waals surface area contributed by atoms with Gasteiger partial charge >= 0.3 is 0 Å². The van der Waals surface area contributed by atoms with Crippen molar-refractivity contribution in [3.05, 3.63) is 530 Å². The zero-order valence-electron chi connectivity index (χ0n) is 78.7. The molecule has 24 aromatic carbocycles. The summed E-state index contributed by atoms with van der Waals surface area (Å²) in [6.07, 6.45) is 0. The third-order valence-corrected chi connectivity index (χ3v) is 27.3. The van der Waals surface area contributed by atoms with Gasteiger partial charge in [-0.1, -0.05) is 267 Å². The number of hydrogen-bond acceptors (Lipinski definition) is 4. The molecule has 0 N–H and O–H groups in total. The summed E-state index contributed by atoms with van der Waals surface area (Å²) in [5.41, 5.74) is 22.3. The van der Waals surface area contributed by atoms with E-state index in [0.717, 1.165) is 155 Å². The second-order valence-corrected chi connectivity index (χ2v) is 36.8. The smallest absolute Gasteiger partial charge is 0.131 e. The highest BCUT2D eigenvalue weighted by Gasteiger charge is 2.30. The van der Waals surface area contributed by atoms with Gasteiger partial charge in [-0.3, -0.25) is 0 Å². The number of rotatable bonds is 20. The van der Waals surface area contributed by atoms with Gasteiger partial charge < -0.3 is 19.6 Å². The predicted octanol–water partition coefficient (Wildman–Crippen LogP) is 38.7. The summed E-state index contributed by atoms with van der Waals surface area (Å²) in [4.78, 5) is 8.75. The molecule has 0 unspecified atom stereocenters. The molecule has 0 saturated carbocycles. The standard InChI is InChI=1S/C68H48F4N2.C64H40F4N2/c1-41-29-42(2)32-51(31-41)73(53-37-47(55-13-5-9-17-61(55)69)35-48(38-53)56-14-6-10-18-62(56)70)65-27-23-45-22-26-60-66(28-24-46-21-25-59(65)67(45)68(46)60)74(52-33-43(3)30-44(4)34-52)54-39-49(57-15-7-11-19-63(57)71)36-50(40-54)58-16-8-12-20-64(58)72;65-57-23-11-7-19-51(57)43-35-44(52-20-8-12-24-58(52)66)38-49(37-43)69(47-15-3-1-4-16-47)61-33-29-41-28-32-56-62(34-30-42-27-31-55(61)63(41)64(42)56)70(48-17-5-2-6-18-48)50-39-45(53-21-9-13-25-59(53)67)36-46(40-50)54-22-10-14-26-60(54)68/h5-40H,1-4H3;1-40H. The van der Waals surface area contributed by atoms with Gasteiger partial charge in [0.15, 0.2) is 0 Å². The van der Waals surface area contributed by atoms with E-state index < -0.39 is 0 Å². The molecule has 692 valence electrons. The number of benzene rings is 24. The van der Waals surface area contributed by atoms with Crippen molar-refractivity contribution in [2.24, 2.45) is 0 Å². The van der Waals surface area contributed by atoms with Gasteiger partial charge in [-0.05, 0) is 332 Å². The average Bonchev–Trinajstić information content (AvgIpc) is 0.719. The van der Waals surface area contributed by atoms with E-state index in [1.54, 1.807) is 121 Å². The van der Waals surface area contributed by atoms with E-state index >= 15 is 35.1 Å². The molecule has 24 rings (SSSR count). The minimum Gasteiger partial charge on any atom is -0.310 e. The van der Waals surface area contributed by atoms with Crippen LogP contribution in [0.5, 0.6) is 0 Å². The summed E-state index contributed by atoms with van der Waals surface area (Å²) in [5, 5.41) is 12.2. The van der Waals surface area contributed by atoms with E-state index in [9.17, 15) is 0 Å². The molecule has 4 nitrogen and oxygen atoms in total. The third kappa shape index (κ3) is 16.8. The van der Waals surface area contributed by atoms with Gasteiger partial charge in [0.2, 0.25) is 0 Å². The highest BCUT2D eigenvalue weighted by molar-refractivity contribution is 6.30. The summed E-state index contributed by atoms with van der Waals surface area (Å²) in [7, 11) is 0. The first kappa shape index (κ1) is 89.9. The van der Waals surface area contributed by atoms with Gasteiger partial charge in [-0.25, -0.2) is 35.1 Å². The maximum absolute atomic E-state index is 15.9. The lowest BCUT2D eigenvalue weighted by molar-refractivity contribution is 0.630. The lowest BCUT2D eigenvalue weighted by Crippen LogP contribution is -2.12. The Morgan fingerprint density at radius 3 is 0.486 bits per heavy atom. The molecule has 0 heterocycles. The first-order valence-electron chi connectivity index (χ1n) is 47.8. The minimum absolute atomic E-state index is 0.377. The van der Waals surface area contributed by atoms with Gasteiger partial charge in [-0.2, -0.15) is 0 Å². The monoisotopic (exact) mass is 1880 g/mol. The zero-order valence-corrected chi connectivity index (χ0v) is 78.7. The molecule has 0 bridgehead atoms. The molecule has 0 atom stereocenters. The third-order valence-electron chi connectivity index (χ3n) is 27.3. The van der Waals surface area contributed by atoms with E-state index in [1.807, 2.05) is 158 Å². The zero-order chi connectivity index (χ0) is 98.1. The maximum Gasteiger partial charge on any atom is 0.131 e.